The highest BCUT2D eigenvalue weighted by Crippen LogP contribution is 2.62. The van der Waals surface area contributed by atoms with E-state index in [1.165, 1.54) is 60.3 Å². The number of rotatable bonds is 3. The van der Waals surface area contributed by atoms with Crippen molar-refractivity contribution in [3.8, 4) is 45.3 Å². The Bertz CT molecular complexity index is 2770. The van der Waals surface area contributed by atoms with Gasteiger partial charge in [-0.05, 0) is 77.8 Å². The summed E-state index contributed by atoms with van der Waals surface area (Å²) in [7, 11) is 0. The van der Waals surface area contributed by atoms with Crippen molar-refractivity contribution in [2.75, 3.05) is 0 Å². The molecule has 9 aromatic rings. The van der Waals surface area contributed by atoms with Crippen molar-refractivity contribution in [1.29, 1.82) is 0 Å². The van der Waals surface area contributed by atoms with E-state index in [1.807, 2.05) is 18.2 Å². The third-order valence-electron chi connectivity index (χ3n) is 10.7. The first-order chi connectivity index (χ1) is 24.3. The normalized spacial score (nSPS) is 13.5. The van der Waals surface area contributed by atoms with Gasteiger partial charge >= 0.3 is 0 Å². The van der Waals surface area contributed by atoms with E-state index in [0.717, 1.165) is 22.1 Å². The van der Waals surface area contributed by atoms with E-state index in [-0.39, 0.29) is 0 Å². The van der Waals surface area contributed by atoms with Crippen LogP contribution >= 0.6 is 0 Å². The van der Waals surface area contributed by atoms with Crippen LogP contribution in [0.2, 0.25) is 0 Å². The molecule has 2 aliphatic carbocycles. The van der Waals surface area contributed by atoms with Crippen molar-refractivity contribution in [3.63, 3.8) is 0 Å². The lowest BCUT2D eigenvalue weighted by molar-refractivity contribution is 0.797. The minimum Gasteiger partial charge on any atom is -0.208 e. The summed E-state index contributed by atoms with van der Waals surface area (Å²) >= 11 is 0. The Morgan fingerprint density at radius 1 is 0.306 bits per heavy atom. The monoisotopic (exact) mass is 621 g/mol. The van der Waals surface area contributed by atoms with Gasteiger partial charge in [0.05, 0.1) is 5.41 Å². The van der Waals surface area contributed by atoms with Gasteiger partial charge in [0.15, 0.2) is 17.5 Å². The summed E-state index contributed by atoms with van der Waals surface area (Å²) in [4.78, 5) is 15.4. The quantitative estimate of drug-likeness (QED) is 0.184. The first-order valence-corrected chi connectivity index (χ1v) is 16.8. The van der Waals surface area contributed by atoms with Gasteiger partial charge in [0.1, 0.15) is 0 Å². The molecule has 0 amide bonds. The molecule has 49 heavy (non-hydrogen) atoms. The third-order valence-corrected chi connectivity index (χ3v) is 10.7. The fourth-order valence-corrected chi connectivity index (χ4v) is 8.60. The summed E-state index contributed by atoms with van der Waals surface area (Å²) in [5.74, 6) is 1.99. The number of hydrogen-bond acceptors (Lipinski definition) is 3. The van der Waals surface area contributed by atoms with Crippen LogP contribution in [-0.2, 0) is 5.41 Å². The maximum absolute atomic E-state index is 5.19. The number of nitrogens with zero attached hydrogens (tertiary/aromatic N) is 3. The predicted octanol–water partition coefficient (Wildman–Crippen LogP) is 11.0. The summed E-state index contributed by atoms with van der Waals surface area (Å²) in [5.41, 5.74) is 10.3. The van der Waals surface area contributed by atoms with Gasteiger partial charge in [-0.1, -0.05) is 152 Å². The lowest BCUT2D eigenvalue weighted by atomic mass is 9.70. The standard InChI is InChI=1S/C46H27N3/c1-2-11-31(12-3-1)43-47-44(33-23-20-28-10-4-5-13-32(28)26-33)49-45(48-43)34-24-25-36-35-16-6-7-17-37(35)46(40(36)27-34)38-18-8-14-29-21-22-30-15-9-19-39(46)42(30)41(29)38/h1-27H. The van der Waals surface area contributed by atoms with Gasteiger partial charge in [0.25, 0.3) is 0 Å². The topological polar surface area (TPSA) is 38.7 Å². The van der Waals surface area contributed by atoms with Crippen molar-refractivity contribution >= 4 is 32.3 Å². The van der Waals surface area contributed by atoms with Crippen LogP contribution in [0.1, 0.15) is 22.3 Å². The molecule has 0 N–H and O–H groups in total. The first-order valence-electron chi connectivity index (χ1n) is 16.8. The Balaban J connectivity index is 1.18. The molecule has 0 radical (unpaired) electrons. The van der Waals surface area contributed by atoms with Crippen molar-refractivity contribution in [2.45, 2.75) is 5.41 Å². The second kappa shape index (κ2) is 9.79. The van der Waals surface area contributed by atoms with Crippen molar-refractivity contribution in [3.05, 3.63) is 186 Å². The van der Waals surface area contributed by atoms with E-state index in [4.69, 9.17) is 15.0 Å². The average molecular weight is 622 g/mol. The summed E-state index contributed by atoms with van der Waals surface area (Å²) < 4.78 is 0. The Labute approximate surface area is 283 Å². The average Bonchev–Trinajstić information content (AvgIpc) is 3.65. The minimum atomic E-state index is -0.443. The van der Waals surface area contributed by atoms with Crippen LogP contribution in [0.15, 0.2) is 164 Å². The van der Waals surface area contributed by atoms with Gasteiger partial charge in [-0.3, -0.25) is 0 Å². The fourth-order valence-electron chi connectivity index (χ4n) is 8.60. The molecule has 226 valence electrons. The lowest BCUT2D eigenvalue weighted by Crippen LogP contribution is -2.26. The molecule has 8 aromatic carbocycles. The minimum absolute atomic E-state index is 0.443. The van der Waals surface area contributed by atoms with Crippen LogP contribution in [0.4, 0.5) is 0 Å². The second-order valence-electron chi connectivity index (χ2n) is 13.2. The maximum Gasteiger partial charge on any atom is 0.164 e. The van der Waals surface area contributed by atoms with Gasteiger partial charge in [0, 0.05) is 16.7 Å². The van der Waals surface area contributed by atoms with Crippen LogP contribution in [0.25, 0.3) is 77.6 Å². The molecular weight excluding hydrogens is 595 g/mol. The van der Waals surface area contributed by atoms with Crippen molar-refractivity contribution in [1.82, 2.24) is 15.0 Å². The van der Waals surface area contributed by atoms with Gasteiger partial charge in [0.2, 0.25) is 0 Å². The molecule has 3 heteroatoms. The van der Waals surface area contributed by atoms with Gasteiger partial charge < -0.3 is 0 Å². The van der Waals surface area contributed by atoms with Gasteiger partial charge in [-0.25, -0.2) is 15.0 Å². The summed E-state index contributed by atoms with van der Waals surface area (Å²) in [6.07, 6.45) is 0. The second-order valence-corrected chi connectivity index (χ2v) is 13.2. The molecular formula is C46H27N3. The zero-order valence-electron chi connectivity index (χ0n) is 26.4. The van der Waals surface area contributed by atoms with Crippen molar-refractivity contribution < 1.29 is 0 Å². The van der Waals surface area contributed by atoms with Crippen LogP contribution in [0.3, 0.4) is 0 Å². The molecule has 0 aliphatic heterocycles. The van der Waals surface area contributed by atoms with E-state index in [1.54, 1.807) is 0 Å². The smallest absolute Gasteiger partial charge is 0.164 e. The van der Waals surface area contributed by atoms with E-state index in [0.29, 0.717) is 17.5 Å². The molecule has 1 spiro atoms. The molecule has 3 nitrogen and oxygen atoms in total. The number of hydrogen-bond donors (Lipinski definition) is 0. The molecule has 0 atom stereocenters. The molecule has 0 saturated carbocycles. The summed E-state index contributed by atoms with van der Waals surface area (Å²) in [6, 6.07) is 59.0. The highest BCUT2D eigenvalue weighted by Gasteiger charge is 2.50. The number of aromatic nitrogens is 3. The highest BCUT2D eigenvalue weighted by atomic mass is 15.0. The zero-order valence-corrected chi connectivity index (χ0v) is 26.4. The van der Waals surface area contributed by atoms with Crippen molar-refractivity contribution in [2.24, 2.45) is 0 Å². The largest absolute Gasteiger partial charge is 0.208 e. The zero-order chi connectivity index (χ0) is 32.1. The molecule has 0 fully saturated rings. The SMILES string of the molecule is c1ccc(-c2nc(-c3ccc4c(c3)C3(c5ccccc5-4)c4cccc5ccc6cccc3c6c45)nc(-c3ccc4ccccc4c3)n2)cc1. The van der Waals surface area contributed by atoms with Crippen LogP contribution in [0, 0.1) is 0 Å². The van der Waals surface area contributed by atoms with E-state index in [9.17, 15) is 0 Å². The van der Waals surface area contributed by atoms with Crippen LogP contribution < -0.4 is 0 Å². The highest BCUT2D eigenvalue weighted by molar-refractivity contribution is 6.17. The fraction of sp³-hybridized carbons (Fsp3) is 0.0217. The molecule has 11 rings (SSSR count). The maximum atomic E-state index is 5.19. The van der Waals surface area contributed by atoms with Crippen LogP contribution in [-0.4, -0.2) is 15.0 Å². The van der Waals surface area contributed by atoms with E-state index in [2.05, 4.69) is 146 Å². The Morgan fingerprint density at radius 3 is 1.55 bits per heavy atom. The molecule has 1 heterocycles. The predicted molar refractivity (Wildman–Crippen MR) is 200 cm³/mol. The van der Waals surface area contributed by atoms with E-state index < -0.39 is 5.41 Å². The van der Waals surface area contributed by atoms with Gasteiger partial charge in [-0.2, -0.15) is 0 Å². The Hall–Kier alpha value is -6.45. The number of fused-ring (bicyclic) bond motifs is 8. The molecule has 0 bridgehead atoms. The third kappa shape index (κ3) is 3.59. The summed E-state index contributed by atoms with van der Waals surface area (Å²) in [5, 5.41) is 7.62. The molecule has 0 unspecified atom stereocenters. The summed E-state index contributed by atoms with van der Waals surface area (Å²) in [6.45, 7) is 0. The van der Waals surface area contributed by atoms with Crippen LogP contribution in [0.5, 0.6) is 0 Å². The molecule has 2 aliphatic rings. The Morgan fingerprint density at radius 2 is 0.816 bits per heavy atom. The first kappa shape index (κ1) is 26.6. The molecule has 0 saturated heterocycles. The van der Waals surface area contributed by atoms with Gasteiger partial charge in [-0.15, -0.1) is 0 Å². The number of benzene rings is 8. The molecule has 1 aromatic heterocycles. The van der Waals surface area contributed by atoms with E-state index >= 15 is 0 Å². The lowest BCUT2D eigenvalue weighted by Gasteiger charge is -2.31. The Kier molecular flexibility index (Phi) is 5.31.